The first-order valence-electron chi connectivity index (χ1n) is 7.70. The minimum Gasteiger partial charge on any atom is -0.310 e. The Balaban J connectivity index is 1.87. The molecule has 1 saturated heterocycles. The van der Waals surface area contributed by atoms with Crippen molar-refractivity contribution in [2.45, 2.75) is 65.2 Å². The molecular weight excluding hydrogens is 232 g/mol. The maximum Gasteiger partial charge on any atom is 0.0236 e. The van der Waals surface area contributed by atoms with Crippen LogP contribution < -0.4 is 5.32 Å². The predicted octanol–water partition coefficient (Wildman–Crippen LogP) is 3.56. The van der Waals surface area contributed by atoms with Crippen molar-refractivity contribution < 1.29 is 0 Å². The minimum atomic E-state index is 0.550. The first-order valence-corrected chi connectivity index (χ1v) is 7.70. The molecule has 1 aliphatic heterocycles. The Morgan fingerprint density at radius 3 is 2.47 bits per heavy atom. The number of likely N-dealkylation sites (tertiary alicyclic amines) is 1. The van der Waals surface area contributed by atoms with E-state index < -0.39 is 0 Å². The van der Waals surface area contributed by atoms with E-state index in [1.54, 1.807) is 0 Å². The summed E-state index contributed by atoms with van der Waals surface area (Å²) < 4.78 is 0. The van der Waals surface area contributed by atoms with Crippen LogP contribution in [0.15, 0.2) is 24.3 Å². The maximum atomic E-state index is 3.46. The normalized spacial score (nSPS) is 20.9. The summed E-state index contributed by atoms with van der Waals surface area (Å²) in [5.74, 6) is 0. The van der Waals surface area contributed by atoms with Crippen LogP contribution in [-0.2, 0) is 13.1 Å². The molecule has 1 aromatic rings. The predicted molar refractivity (Wildman–Crippen MR) is 82.1 cm³/mol. The van der Waals surface area contributed by atoms with Gasteiger partial charge in [-0.05, 0) is 37.4 Å². The van der Waals surface area contributed by atoms with Crippen molar-refractivity contribution in [3.63, 3.8) is 0 Å². The fourth-order valence-corrected chi connectivity index (χ4v) is 2.71. The summed E-state index contributed by atoms with van der Waals surface area (Å²) in [6.07, 6.45) is 4.12. The van der Waals surface area contributed by atoms with Gasteiger partial charge in [0.25, 0.3) is 0 Å². The van der Waals surface area contributed by atoms with Gasteiger partial charge >= 0.3 is 0 Å². The molecular formula is C17H28N2. The topological polar surface area (TPSA) is 15.3 Å². The van der Waals surface area contributed by atoms with Gasteiger partial charge in [0.05, 0.1) is 0 Å². The third-order valence-corrected chi connectivity index (χ3v) is 4.06. The fraction of sp³-hybridized carbons (Fsp3) is 0.647. The number of hydrogen-bond donors (Lipinski definition) is 1. The number of nitrogens with zero attached hydrogens (tertiary/aromatic N) is 1. The van der Waals surface area contributed by atoms with Crippen LogP contribution in [0.2, 0.25) is 0 Å². The number of piperidine rings is 1. The lowest BCUT2D eigenvalue weighted by Crippen LogP contribution is -2.36. The molecule has 0 aromatic heterocycles. The highest BCUT2D eigenvalue weighted by molar-refractivity contribution is 5.22. The fourth-order valence-electron chi connectivity index (χ4n) is 2.71. The van der Waals surface area contributed by atoms with Gasteiger partial charge in [-0.2, -0.15) is 0 Å². The van der Waals surface area contributed by atoms with Crippen LogP contribution in [0.25, 0.3) is 0 Å². The lowest BCUT2D eigenvalue weighted by molar-refractivity contribution is 0.152. The zero-order valence-electron chi connectivity index (χ0n) is 12.7. The van der Waals surface area contributed by atoms with E-state index in [0.717, 1.165) is 19.1 Å². The van der Waals surface area contributed by atoms with Crippen LogP contribution in [0.1, 0.15) is 51.2 Å². The molecule has 1 atom stereocenters. The lowest BCUT2D eigenvalue weighted by atomic mass is 10.0. The third-order valence-electron chi connectivity index (χ3n) is 4.06. The summed E-state index contributed by atoms with van der Waals surface area (Å²) in [6.45, 7) is 10.1. The molecule has 0 aliphatic carbocycles. The minimum absolute atomic E-state index is 0.550. The molecule has 2 nitrogen and oxygen atoms in total. The van der Waals surface area contributed by atoms with Gasteiger partial charge in [-0.3, -0.25) is 4.90 Å². The van der Waals surface area contributed by atoms with Gasteiger partial charge in [-0.15, -0.1) is 0 Å². The summed E-state index contributed by atoms with van der Waals surface area (Å²) in [4.78, 5) is 2.62. The van der Waals surface area contributed by atoms with Gasteiger partial charge in [0.1, 0.15) is 0 Å². The molecule has 106 valence electrons. The SMILES string of the molecule is CC(C)NCc1ccc(CN2CCCCC2C)cc1. The quantitative estimate of drug-likeness (QED) is 0.871. The highest BCUT2D eigenvalue weighted by Crippen LogP contribution is 2.19. The van der Waals surface area contributed by atoms with E-state index in [-0.39, 0.29) is 0 Å². The van der Waals surface area contributed by atoms with Gasteiger partial charge in [-0.1, -0.05) is 44.5 Å². The highest BCUT2D eigenvalue weighted by atomic mass is 15.2. The smallest absolute Gasteiger partial charge is 0.0236 e. The lowest BCUT2D eigenvalue weighted by Gasteiger charge is -2.33. The third kappa shape index (κ3) is 4.63. The molecule has 1 heterocycles. The van der Waals surface area contributed by atoms with E-state index in [1.165, 1.54) is 36.9 Å². The Labute approximate surface area is 118 Å². The largest absolute Gasteiger partial charge is 0.310 e. The van der Waals surface area contributed by atoms with Gasteiger partial charge in [0.2, 0.25) is 0 Å². The van der Waals surface area contributed by atoms with E-state index in [4.69, 9.17) is 0 Å². The summed E-state index contributed by atoms with van der Waals surface area (Å²) in [7, 11) is 0. The van der Waals surface area contributed by atoms with Crippen LogP contribution in [0.3, 0.4) is 0 Å². The molecule has 1 aromatic carbocycles. The average Bonchev–Trinajstić information content (AvgIpc) is 2.40. The summed E-state index contributed by atoms with van der Waals surface area (Å²) >= 11 is 0. The van der Waals surface area contributed by atoms with Crippen LogP contribution in [-0.4, -0.2) is 23.5 Å². The number of rotatable bonds is 5. The van der Waals surface area contributed by atoms with Crippen molar-refractivity contribution in [1.82, 2.24) is 10.2 Å². The van der Waals surface area contributed by atoms with Crippen LogP contribution >= 0.6 is 0 Å². The van der Waals surface area contributed by atoms with Crippen molar-refractivity contribution in [3.05, 3.63) is 35.4 Å². The van der Waals surface area contributed by atoms with Crippen molar-refractivity contribution in [2.75, 3.05) is 6.54 Å². The Morgan fingerprint density at radius 1 is 1.16 bits per heavy atom. The Bertz CT molecular complexity index is 369. The zero-order chi connectivity index (χ0) is 13.7. The molecule has 0 spiro atoms. The zero-order valence-corrected chi connectivity index (χ0v) is 12.7. The molecule has 2 rings (SSSR count). The Morgan fingerprint density at radius 2 is 1.84 bits per heavy atom. The average molecular weight is 260 g/mol. The Hall–Kier alpha value is -0.860. The van der Waals surface area contributed by atoms with Crippen molar-refractivity contribution >= 4 is 0 Å². The summed E-state index contributed by atoms with van der Waals surface area (Å²) in [5.41, 5.74) is 2.83. The molecule has 1 fully saturated rings. The number of nitrogens with one attached hydrogen (secondary N) is 1. The number of hydrogen-bond acceptors (Lipinski definition) is 2. The molecule has 0 saturated carbocycles. The van der Waals surface area contributed by atoms with E-state index >= 15 is 0 Å². The van der Waals surface area contributed by atoms with E-state index in [0.29, 0.717) is 6.04 Å². The van der Waals surface area contributed by atoms with Gasteiger partial charge in [0, 0.05) is 25.2 Å². The second-order valence-corrected chi connectivity index (χ2v) is 6.17. The highest BCUT2D eigenvalue weighted by Gasteiger charge is 2.17. The number of benzene rings is 1. The van der Waals surface area contributed by atoms with Crippen molar-refractivity contribution in [3.8, 4) is 0 Å². The first kappa shape index (κ1) is 14.5. The Kier molecular flexibility index (Phi) is 5.41. The van der Waals surface area contributed by atoms with E-state index in [9.17, 15) is 0 Å². The van der Waals surface area contributed by atoms with Gasteiger partial charge < -0.3 is 5.32 Å². The summed E-state index contributed by atoms with van der Waals surface area (Å²) in [5, 5.41) is 3.46. The van der Waals surface area contributed by atoms with Gasteiger partial charge in [0.15, 0.2) is 0 Å². The maximum absolute atomic E-state index is 3.46. The van der Waals surface area contributed by atoms with Gasteiger partial charge in [-0.25, -0.2) is 0 Å². The van der Waals surface area contributed by atoms with Crippen LogP contribution in [0.5, 0.6) is 0 Å². The molecule has 1 N–H and O–H groups in total. The summed E-state index contributed by atoms with van der Waals surface area (Å²) in [6, 6.07) is 10.4. The second kappa shape index (κ2) is 7.06. The standard InChI is InChI=1S/C17H28N2/c1-14(2)18-12-16-7-9-17(10-8-16)13-19-11-5-4-6-15(19)3/h7-10,14-15,18H,4-6,11-13H2,1-3H3. The first-order chi connectivity index (χ1) is 9.15. The van der Waals surface area contributed by atoms with E-state index in [2.05, 4.69) is 55.3 Å². The van der Waals surface area contributed by atoms with Crippen molar-refractivity contribution in [2.24, 2.45) is 0 Å². The molecule has 0 radical (unpaired) electrons. The van der Waals surface area contributed by atoms with Crippen molar-refractivity contribution in [1.29, 1.82) is 0 Å². The van der Waals surface area contributed by atoms with E-state index in [1.807, 2.05) is 0 Å². The molecule has 1 aliphatic rings. The molecule has 19 heavy (non-hydrogen) atoms. The van der Waals surface area contributed by atoms with Crippen LogP contribution in [0, 0.1) is 0 Å². The second-order valence-electron chi connectivity index (χ2n) is 6.17. The van der Waals surface area contributed by atoms with Crippen LogP contribution in [0.4, 0.5) is 0 Å². The molecule has 0 bridgehead atoms. The molecule has 2 heteroatoms. The molecule has 1 unspecified atom stereocenters. The molecule has 0 amide bonds. The monoisotopic (exact) mass is 260 g/mol.